The highest BCUT2D eigenvalue weighted by Crippen LogP contribution is 2.23. The van der Waals surface area contributed by atoms with E-state index in [0.717, 1.165) is 27.5 Å². The second kappa shape index (κ2) is 7.74. The van der Waals surface area contributed by atoms with E-state index in [0.29, 0.717) is 12.1 Å². The zero-order valence-corrected chi connectivity index (χ0v) is 15.1. The summed E-state index contributed by atoms with van der Waals surface area (Å²) in [5.74, 6) is -0.566. The van der Waals surface area contributed by atoms with Crippen molar-refractivity contribution in [1.82, 2.24) is 20.4 Å². The normalized spacial score (nSPS) is 10.7. The van der Waals surface area contributed by atoms with E-state index in [1.807, 2.05) is 19.1 Å². The number of nitrogens with one attached hydrogen (secondary N) is 3. The minimum absolute atomic E-state index is 0.142. The fraction of sp³-hybridized carbons (Fsp3) is 0.188. The molecule has 0 saturated heterocycles. The number of aromatic nitrogens is 2. The molecule has 0 spiro atoms. The monoisotopic (exact) mass is 375 g/mol. The van der Waals surface area contributed by atoms with Crippen LogP contribution in [0.25, 0.3) is 5.69 Å². The summed E-state index contributed by atoms with van der Waals surface area (Å²) in [4.78, 5) is 40.4. The number of H-pyrrole nitrogens is 1. The van der Waals surface area contributed by atoms with Crippen LogP contribution in [-0.4, -0.2) is 32.4 Å². The third kappa shape index (κ3) is 3.86. The molecule has 0 atom stereocenters. The van der Waals surface area contributed by atoms with Crippen molar-refractivity contribution < 1.29 is 9.90 Å². The molecule has 0 aliphatic heterocycles. The summed E-state index contributed by atoms with van der Waals surface area (Å²) in [5.41, 5.74) is 5.49. The fourth-order valence-corrected chi connectivity index (χ4v) is 2.75. The lowest BCUT2D eigenvalue weighted by molar-refractivity contribution is -0.110. The number of hydrogen-bond acceptors (Lipinski definition) is 5. The van der Waals surface area contributed by atoms with E-state index in [9.17, 15) is 19.5 Å². The number of aromatic amines is 1. The Morgan fingerprint density at radius 1 is 1.27 bits per heavy atom. The Labute approximate surface area is 153 Å². The maximum Gasteiger partial charge on any atom is 0.335 e. The Bertz CT molecular complexity index is 999. The molecule has 0 bridgehead atoms. The number of aromatic hydroxyl groups is 1. The Morgan fingerprint density at radius 2 is 1.88 bits per heavy atom. The molecule has 2 rings (SSSR count). The van der Waals surface area contributed by atoms with E-state index in [4.69, 9.17) is 12.2 Å². The molecule has 1 aromatic heterocycles. The van der Waals surface area contributed by atoms with Gasteiger partial charge in [0.05, 0.1) is 5.69 Å². The Morgan fingerprint density at radius 3 is 2.46 bits per heavy atom. The summed E-state index contributed by atoms with van der Waals surface area (Å²) in [7, 11) is 0. The lowest BCUT2D eigenvalue weighted by Crippen LogP contribution is -2.34. The van der Waals surface area contributed by atoms with Crippen molar-refractivity contribution in [3.8, 4) is 11.6 Å². The molecule has 1 heterocycles. The van der Waals surface area contributed by atoms with Crippen molar-refractivity contribution in [3.05, 3.63) is 55.2 Å². The number of aryl methyl sites for hydroxylation is 3. The van der Waals surface area contributed by atoms with E-state index in [1.54, 1.807) is 13.8 Å². The van der Waals surface area contributed by atoms with Gasteiger partial charge in [0.15, 0.2) is 0 Å². The topological polar surface area (TPSA) is 129 Å². The van der Waals surface area contributed by atoms with Crippen molar-refractivity contribution in [2.45, 2.75) is 20.8 Å². The molecule has 0 saturated carbocycles. The van der Waals surface area contributed by atoms with Gasteiger partial charge in [-0.3, -0.25) is 25.4 Å². The van der Waals surface area contributed by atoms with Gasteiger partial charge >= 0.3 is 5.69 Å². The summed E-state index contributed by atoms with van der Waals surface area (Å²) < 4.78 is 1.01. The molecule has 4 N–H and O–H groups in total. The highest BCUT2D eigenvalue weighted by atomic mass is 32.1. The first-order valence-electron chi connectivity index (χ1n) is 7.46. The molecular weight excluding hydrogens is 358 g/mol. The quantitative estimate of drug-likeness (QED) is 0.260. The Balaban J connectivity index is 2.63. The highest BCUT2D eigenvalue weighted by Gasteiger charge is 2.17. The minimum atomic E-state index is -0.818. The molecule has 0 aliphatic rings. The van der Waals surface area contributed by atoms with Gasteiger partial charge in [0.2, 0.25) is 17.4 Å². The van der Waals surface area contributed by atoms with Crippen molar-refractivity contribution in [2.75, 3.05) is 0 Å². The first-order chi connectivity index (χ1) is 12.3. The number of rotatable bonds is 4. The predicted octanol–water partition coefficient (Wildman–Crippen LogP) is 0.111. The first kappa shape index (κ1) is 19.1. The average molecular weight is 375 g/mol. The van der Waals surface area contributed by atoms with Crippen molar-refractivity contribution in [1.29, 1.82) is 0 Å². The molecule has 1 aromatic carbocycles. The van der Waals surface area contributed by atoms with Gasteiger partial charge in [-0.1, -0.05) is 17.7 Å². The third-order valence-electron chi connectivity index (χ3n) is 3.53. The number of hydrogen-bond donors (Lipinski definition) is 4. The number of aliphatic imine (C=N–C) groups is 1. The van der Waals surface area contributed by atoms with Gasteiger partial charge in [-0.25, -0.2) is 14.4 Å². The van der Waals surface area contributed by atoms with E-state index in [1.165, 1.54) is 0 Å². The molecule has 2 aromatic rings. The van der Waals surface area contributed by atoms with Crippen LogP contribution in [0, 0.1) is 20.8 Å². The van der Waals surface area contributed by atoms with Crippen LogP contribution in [-0.2, 0) is 4.79 Å². The second-order valence-corrected chi connectivity index (χ2v) is 5.92. The number of nitrogens with zero attached hydrogens (tertiary/aromatic N) is 2. The summed E-state index contributed by atoms with van der Waals surface area (Å²) >= 11 is 4.82. The number of thiocarbonyl (C=S) groups is 1. The van der Waals surface area contributed by atoms with E-state index in [2.05, 4.69) is 20.8 Å². The molecule has 26 heavy (non-hydrogen) atoms. The van der Waals surface area contributed by atoms with Gasteiger partial charge in [-0.05, 0) is 44.1 Å². The number of hydrazine groups is 1. The first-order valence-corrected chi connectivity index (χ1v) is 7.86. The van der Waals surface area contributed by atoms with Crippen LogP contribution >= 0.6 is 12.2 Å². The van der Waals surface area contributed by atoms with E-state index >= 15 is 0 Å². The van der Waals surface area contributed by atoms with Crippen LogP contribution in [0.4, 0.5) is 0 Å². The zero-order chi connectivity index (χ0) is 19.4. The van der Waals surface area contributed by atoms with Gasteiger partial charge in [-0.15, -0.1) is 0 Å². The summed E-state index contributed by atoms with van der Waals surface area (Å²) in [6.45, 7) is 5.51. The van der Waals surface area contributed by atoms with Gasteiger partial charge in [0.1, 0.15) is 5.56 Å². The predicted molar refractivity (Wildman–Crippen MR) is 101 cm³/mol. The van der Waals surface area contributed by atoms with Gasteiger partial charge < -0.3 is 5.11 Å². The number of amides is 1. The number of benzene rings is 1. The molecular formula is C16H17N5O4S. The van der Waals surface area contributed by atoms with Gasteiger partial charge in [-0.2, -0.15) is 0 Å². The van der Waals surface area contributed by atoms with Crippen LogP contribution in [0.5, 0.6) is 5.88 Å². The van der Waals surface area contributed by atoms with Crippen LogP contribution in [0.3, 0.4) is 0 Å². The second-order valence-electron chi connectivity index (χ2n) is 5.53. The molecule has 9 nitrogen and oxygen atoms in total. The van der Waals surface area contributed by atoms with Crippen LogP contribution in [0.1, 0.15) is 22.3 Å². The molecule has 136 valence electrons. The molecule has 0 unspecified atom stereocenters. The highest BCUT2D eigenvalue weighted by molar-refractivity contribution is 7.80. The largest absolute Gasteiger partial charge is 0.493 e. The lowest BCUT2D eigenvalue weighted by atomic mass is 10.0. The Hall–Kier alpha value is -3.27. The number of carbonyl (C=O) groups excluding carboxylic acids is 1. The maximum absolute atomic E-state index is 12.3. The third-order valence-corrected chi connectivity index (χ3v) is 3.74. The maximum atomic E-state index is 12.3. The van der Waals surface area contributed by atoms with Crippen LogP contribution in [0.2, 0.25) is 0 Å². The smallest absolute Gasteiger partial charge is 0.335 e. The SMILES string of the molecule is Cc1cc(C)c(-n2c(O)c(C=NC(=S)NNC=O)c(=O)[nH]c2=O)c(C)c1. The van der Waals surface area contributed by atoms with Crippen LogP contribution in [0.15, 0.2) is 26.7 Å². The molecule has 0 aliphatic carbocycles. The zero-order valence-electron chi connectivity index (χ0n) is 14.3. The fourth-order valence-electron chi connectivity index (χ4n) is 2.63. The lowest BCUT2D eigenvalue weighted by Gasteiger charge is -2.15. The molecule has 1 amide bonds. The summed E-state index contributed by atoms with van der Waals surface area (Å²) in [5, 5.41) is 10.4. The summed E-state index contributed by atoms with van der Waals surface area (Å²) in [6, 6.07) is 3.72. The number of carbonyl (C=O) groups is 1. The van der Waals surface area contributed by atoms with Gasteiger partial charge in [0, 0.05) is 6.21 Å². The molecule has 0 fully saturated rings. The van der Waals surface area contributed by atoms with Crippen molar-refractivity contribution in [2.24, 2.45) is 4.99 Å². The van der Waals surface area contributed by atoms with E-state index < -0.39 is 17.1 Å². The standard InChI is InChI=1S/C16H17N5O4S/c1-8-4-9(2)12(10(3)5-8)21-14(24)11(13(23)19-16(21)25)6-17-15(26)20-18-7-22/h4-7,24H,1-3H3,(H,18,22)(H,20,26)(H,19,23,25). The molecule has 0 radical (unpaired) electrons. The Kier molecular flexibility index (Phi) is 5.68. The summed E-state index contributed by atoms with van der Waals surface area (Å²) in [6.07, 6.45) is 1.36. The van der Waals surface area contributed by atoms with Crippen LogP contribution < -0.4 is 22.1 Å². The van der Waals surface area contributed by atoms with Crippen molar-refractivity contribution >= 4 is 30.0 Å². The minimum Gasteiger partial charge on any atom is -0.493 e. The molecule has 10 heteroatoms. The van der Waals surface area contributed by atoms with Crippen molar-refractivity contribution in [3.63, 3.8) is 0 Å². The average Bonchev–Trinajstić information content (AvgIpc) is 2.54. The van der Waals surface area contributed by atoms with E-state index in [-0.39, 0.29) is 10.7 Å². The van der Waals surface area contributed by atoms with Gasteiger partial charge in [0.25, 0.3) is 5.56 Å².